The van der Waals surface area contributed by atoms with Crippen molar-refractivity contribution in [3.05, 3.63) is 62.8 Å². The van der Waals surface area contributed by atoms with Gasteiger partial charge in [0.1, 0.15) is 11.3 Å². The van der Waals surface area contributed by atoms with Crippen molar-refractivity contribution >= 4 is 46.4 Å². The number of hydrogen-bond acceptors (Lipinski definition) is 7. The smallest absolute Gasteiger partial charge is 0.305 e. The van der Waals surface area contributed by atoms with Crippen LogP contribution in [-0.2, 0) is 17.7 Å². The van der Waals surface area contributed by atoms with Gasteiger partial charge in [0, 0.05) is 32.3 Å². The highest BCUT2D eigenvalue weighted by Gasteiger charge is 2.16. The molecule has 7 nitrogen and oxygen atoms in total. The van der Waals surface area contributed by atoms with E-state index >= 15 is 0 Å². The zero-order valence-electron chi connectivity index (χ0n) is 19.7. The van der Waals surface area contributed by atoms with E-state index < -0.39 is 6.10 Å². The van der Waals surface area contributed by atoms with E-state index in [1.807, 2.05) is 0 Å². The van der Waals surface area contributed by atoms with Crippen molar-refractivity contribution in [1.82, 2.24) is 15.2 Å². The van der Waals surface area contributed by atoms with Crippen molar-refractivity contribution in [3.8, 4) is 5.75 Å². The predicted octanol–water partition coefficient (Wildman–Crippen LogP) is 4.07. The summed E-state index contributed by atoms with van der Waals surface area (Å²) in [7, 11) is 1.73. The Bertz CT molecular complexity index is 1070. The van der Waals surface area contributed by atoms with Crippen LogP contribution in [0.5, 0.6) is 5.75 Å². The quantitative estimate of drug-likeness (QED) is 0.208. The van der Waals surface area contributed by atoms with Crippen molar-refractivity contribution in [2.45, 2.75) is 32.9 Å². The molecule has 34 heavy (non-hydrogen) atoms. The zero-order valence-corrected chi connectivity index (χ0v) is 22.2. The minimum Gasteiger partial charge on any atom is -0.506 e. The number of nitrogens with zero attached hydrogens (tertiary/aromatic N) is 1. The van der Waals surface area contributed by atoms with Crippen molar-refractivity contribution in [1.29, 1.82) is 0 Å². The number of aliphatic hydroxyl groups excluding tert-OH is 1. The van der Waals surface area contributed by atoms with Crippen LogP contribution in [-0.4, -0.2) is 53.6 Å². The summed E-state index contributed by atoms with van der Waals surface area (Å²) in [5.74, 6) is 0.589. The Kier molecular flexibility index (Phi) is 13.1. The largest absolute Gasteiger partial charge is 0.506 e. The van der Waals surface area contributed by atoms with E-state index in [0.29, 0.717) is 35.0 Å². The third-order valence-electron chi connectivity index (χ3n) is 5.21. The van der Waals surface area contributed by atoms with Crippen molar-refractivity contribution < 1.29 is 14.9 Å². The van der Waals surface area contributed by atoms with Gasteiger partial charge in [-0.25, -0.2) is 0 Å². The molecule has 0 bridgehead atoms. The van der Waals surface area contributed by atoms with Gasteiger partial charge in [0.25, 0.3) is 0 Å². The molecule has 0 spiro atoms. The second-order valence-corrected chi connectivity index (χ2v) is 9.49. The minimum atomic E-state index is -0.769. The molecule has 0 saturated heterocycles. The van der Waals surface area contributed by atoms with Crippen LogP contribution in [0.4, 0.5) is 0 Å². The second kappa shape index (κ2) is 14.7. The number of phenolic OH excluding ortho intramolecular Hbond substituents is 1. The standard InChI is InChI=1S/C24H33N3O4S.2ClH/c1-16(2)13-27(15-31-3)14-18-6-4-5-17(11-18)9-10-25-12-21(29)19-7-8-20(28)22-23(19)32-24(30)26-22;;/h4-8,11,16,21,25,28-29H,9-10,12-15H2,1-3H3,(H,26,30);2*1H. The molecule has 190 valence electrons. The van der Waals surface area contributed by atoms with E-state index in [2.05, 4.69) is 53.3 Å². The Balaban J connectivity index is 0.00000289. The molecule has 4 N–H and O–H groups in total. The lowest BCUT2D eigenvalue weighted by atomic mass is 10.1. The number of aromatic hydroxyl groups is 1. The predicted molar refractivity (Wildman–Crippen MR) is 144 cm³/mol. The van der Waals surface area contributed by atoms with E-state index in [-0.39, 0.29) is 35.4 Å². The molecule has 0 fully saturated rings. The van der Waals surface area contributed by atoms with Gasteiger partial charge in [-0.05, 0) is 36.1 Å². The van der Waals surface area contributed by atoms with Crippen LogP contribution in [0.2, 0.25) is 0 Å². The van der Waals surface area contributed by atoms with E-state index in [0.717, 1.165) is 37.4 Å². The first-order chi connectivity index (χ1) is 15.4. The lowest BCUT2D eigenvalue weighted by molar-refractivity contribution is 0.0499. The molecule has 10 heteroatoms. The first kappa shape index (κ1) is 30.4. The first-order valence-corrected chi connectivity index (χ1v) is 11.7. The molecule has 1 atom stereocenters. The Morgan fingerprint density at radius 3 is 2.62 bits per heavy atom. The summed E-state index contributed by atoms with van der Waals surface area (Å²) in [5, 5.41) is 23.8. The van der Waals surface area contributed by atoms with E-state index in [9.17, 15) is 15.0 Å². The fourth-order valence-electron chi connectivity index (χ4n) is 3.89. The van der Waals surface area contributed by atoms with E-state index in [4.69, 9.17) is 4.74 Å². The van der Waals surface area contributed by atoms with Crippen LogP contribution in [0.25, 0.3) is 10.2 Å². The highest BCUT2D eigenvalue weighted by atomic mass is 35.5. The van der Waals surface area contributed by atoms with E-state index in [1.165, 1.54) is 17.2 Å². The van der Waals surface area contributed by atoms with Gasteiger partial charge < -0.3 is 25.3 Å². The maximum atomic E-state index is 11.7. The monoisotopic (exact) mass is 531 g/mol. The van der Waals surface area contributed by atoms with Crippen LogP contribution in [0.3, 0.4) is 0 Å². The first-order valence-electron chi connectivity index (χ1n) is 10.9. The molecule has 1 heterocycles. The SMILES string of the molecule is COCN(Cc1cccc(CCNCC(O)c2ccc(O)c3[nH]c(=O)sc23)c1)CC(C)C.Cl.Cl. The Labute approximate surface area is 217 Å². The normalized spacial score (nSPS) is 12.1. The molecular weight excluding hydrogens is 497 g/mol. The van der Waals surface area contributed by atoms with Crippen molar-refractivity contribution in [2.24, 2.45) is 5.92 Å². The molecule has 0 aliphatic carbocycles. The number of aliphatic hydroxyl groups is 1. The number of fused-ring (bicyclic) bond motifs is 1. The van der Waals surface area contributed by atoms with Gasteiger partial charge in [-0.1, -0.05) is 55.5 Å². The minimum absolute atomic E-state index is 0. The fourth-order valence-corrected chi connectivity index (χ4v) is 4.80. The van der Waals surface area contributed by atoms with E-state index in [1.54, 1.807) is 13.2 Å². The van der Waals surface area contributed by atoms with Crippen molar-refractivity contribution in [3.63, 3.8) is 0 Å². The number of halogens is 2. The molecule has 0 amide bonds. The topological polar surface area (TPSA) is 97.8 Å². The van der Waals surface area contributed by atoms with Crippen LogP contribution in [0.15, 0.2) is 41.2 Å². The molecule has 0 aliphatic heterocycles. The van der Waals surface area contributed by atoms with Gasteiger partial charge in [-0.3, -0.25) is 9.69 Å². The number of hydrogen-bond donors (Lipinski definition) is 4. The molecule has 1 aromatic heterocycles. The van der Waals surface area contributed by atoms with Gasteiger partial charge in [0.15, 0.2) is 0 Å². The number of aromatic amines is 1. The maximum Gasteiger partial charge on any atom is 0.305 e. The summed E-state index contributed by atoms with van der Waals surface area (Å²) < 4.78 is 5.94. The lowest BCUT2D eigenvalue weighted by Gasteiger charge is -2.23. The van der Waals surface area contributed by atoms with Gasteiger partial charge in [-0.15, -0.1) is 24.8 Å². The van der Waals surface area contributed by atoms with Gasteiger partial charge >= 0.3 is 4.87 Å². The number of benzene rings is 2. The van der Waals surface area contributed by atoms with Crippen LogP contribution < -0.4 is 10.2 Å². The number of phenols is 1. The van der Waals surface area contributed by atoms with Gasteiger partial charge in [0.2, 0.25) is 0 Å². The number of nitrogens with one attached hydrogen (secondary N) is 2. The average Bonchev–Trinajstić information content (AvgIpc) is 3.13. The summed E-state index contributed by atoms with van der Waals surface area (Å²) >= 11 is 0.999. The molecule has 3 aromatic rings. The molecule has 3 rings (SSSR count). The summed E-state index contributed by atoms with van der Waals surface area (Å²) in [6, 6.07) is 11.7. The highest BCUT2D eigenvalue weighted by molar-refractivity contribution is 7.16. The summed E-state index contributed by atoms with van der Waals surface area (Å²) in [6.07, 6.45) is 0.0758. The molecule has 0 saturated carbocycles. The molecular formula is C24H35Cl2N3O4S. The molecule has 0 radical (unpaired) electrons. The summed E-state index contributed by atoms with van der Waals surface area (Å²) in [5.41, 5.74) is 3.52. The summed E-state index contributed by atoms with van der Waals surface area (Å²) in [4.78, 5) is 16.3. The zero-order chi connectivity index (χ0) is 23.1. The average molecular weight is 533 g/mol. The fraction of sp³-hybridized carbons (Fsp3) is 0.458. The molecule has 2 aromatic carbocycles. The number of H-pyrrole nitrogens is 1. The van der Waals surface area contributed by atoms with Gasteiger partial charge in [0.05, 0.1) is 17.5 Å². The summed E-state index contributed by atoms with van der Waals surface area (Å²) in [6.45, 7) is 7.94. The third-order valence-corrected chi connectivity index (χ3v) is 6.14. The number of aromatic nitrogens is 1. The molecule has 1 unspecified atom stereocenters. The Hall–Kier alpha value is -1.65. The number of methoxy groups -OCH3 is 1. The van der Waals surface area contributed by atoms with Crippen LogP contribution in [0, 0.1) is 5.92 Å². The number of thiazole rings is 1. The van der Waals surface area contributed by atoms with Gasteiger partial charge in [-0.2, -0.15) is 0 Å². The Morgan fingerprint density at radius 1 is 1.18 bits per heavy atom. The maximum absolute atomic E-state index is 11.7. The van der Waals surface area contributed by atoms with Crippen molar-refractivity contribution in [2.75, 3.05) is 33.5 Å². The molecule has 0 aliphatic rings. The third kappa shape index (κ3) is 8.53. The van der Waals surface area contributed by atoms with Crippen LogP contribution in [0.1, 0.15) is 36.6 Å². The van der Waals surface area contributed by atoms with Crippen LogP contribution >= 0.6 is 36.2 Å². The highest BCUT2D eigenvalue weighted by Crippen LogP contribution is 2.31. The number of rotatable bonds is 12. The number of ether oxygens (including phenoxy) is 1. The Morgan fingerprint density at radius 2 is 1.91 bits per heavy atom. The lowest BCUT2D eigenvalue weighted by Crippen LogP contribution is -2.29. The second-order valence-electron chi connectivity index (χ2n) is 8.51.